The third-order valence-corrected chi connectivity index (χ3v) is 3.30. The Bertz CT molecular complexity index is 197. The van der Waals surface area contributed by atoms with Crippen molar-refractivity contribution in [2.45, 2.75) is 20.3 Å². The first-order chi connectivity index (χ1) is 7.57. The van der Waals surface area contributed by atoms with E-state index in [-0.39, 0.29) is 12.0 Å². The molecule has 96 valence electrons. The Kier molecular flexibility index (Phi) is 5.69. The Hall–Kier alpha value is -0.160. The van der Waals surface area contributed by atoms with Gasteiger partial charge in [-0.15, -0.1) is 0 Å². The van der Waals surface area contributed by atoms with Crippen LogP contribution in [0.1, 0.15) is 20.3 Å². The second-order valence-corrected chi connectivity index (χ2v) is 5.56. The van der Waals surface area contributed by atoms with Crippen molar-refractivity contribution in [1.29, 1.82) is 0 Å². The van der Waals surface area contributed by atoms with Crippen molar-refractivity contribution < 1.29 is 5.11 Å². The summed E-state index contributed by atoms with van der Waals surface area (Å²) in [5, 5.41) is 8.93. The first-order valence-corrected chi connectivity index (χ1v) is 6.33. The number of rotatable bonds is 5. The zero-order valence-corrected chi connectivity index (χ0v) is 10.8. The summed E-state index contributed by atoms with van der Waals surface area (Å²) in [6, 6.07) is 0. The van der Waals surface area contributed by atoms with Gasteiger partial charge in [0.25, 0.3) is 0 Å². The van der Waals surface area contributed by atoms with Crippen molar-refractivity contribution in [2.75, 3.05) is 52.4 Å². The fraction of sp³-hybridized carbons (Fsp3) is 1.00. The number of hydrogen-bond donors (Lipinski definition) is 2. The molecule has 0 aromatic rings. The zero-order valence-electron chi connectivity index (χ0n) is 10.8. The molecule has 4 heteroatoms. The molecule has 1 aliphatic rings. The molecule has 1 rings (SSSR count). The number of β-amino-alcohol motifs (C(OH)–C–C–N with tert-alkyl or cyclic N) is 1. The minimum absolute atomic E-state index is 0.214. The summed E-state index contributed by atoms with van der Waals surface area (Å²) in [7, 11) is 0. The second kappa shape index (κ2) is 6.55. The molecule has 1 saturated heterocycles. The van der Waals surface area contributed by atoms with E-state index in [9.17, 15) is 0 Å². The molecule has 0 spiro atoms. The van der Waals surface area contributed by atoms with Crippen molar-refractivity contribution in [2.24, 2.45) is 11.1 Å². The highest BCUT2D eigenvalue weighted by Gasteiger charge is 2.22. The Labute approximate surface area is 99.4 Å². The quantitative estimate of drug-likeness (QED) is 0.695. The molecule has 0 aromatic heterocycles. The van der Waals surface area contributed by atoms with Crippen LogP contribution in [-0.4, -0.2) is 67.3 Å². The minimum Gasteiger partial charge on any atom is -0.395 e. The molecule has 0 atom stereocenters. The summed E-state index contributed by atoms with van der Waals surface area (Å²) in [4.78, 5) is 4.85. The maximum atomic E-state index is 8.93. The first-order valence-electron chi connectivity index (χ1n) is 6.33. The summed E-state index contributed by atoms with van der Waals surface area (Å²) in [6.07, 6.45) is 1.20. The second-order valence-electron chi connectivity index (χ2n) is 5.56. The molecule has 4 nitrogen and oxygen atoms in total. The van der Waals surface area contributed by atoms with E-state index in [1.54, 1.807) is 0 Å². The van der Waals surface area contributed by atoms with Gasteiger partial charge in [0.1, 0.15) is 0 Å². The molecule has 0 saturated carbocycles. The van der Waals surface area contributed by atoms with Gasteiger partial charge in [-0.1, -0.05) is 13.8 Å². The fourth-order valence-electron chi connectivity index (χ4n) is 2.22. The highest BCUT2D eigenvalue weighted by atomic mass is 16.3. The predicted molar refractivity (Wildman–Crippen MR) is 67.4 cm³/mol. The Morgan fingerprint density at radius 3 is 2.38 bits per heavy atom. The molecule has 0 aromatic carbocycles. The van der Waals surface area contributed by atoms with Crippen LogP contribution < -0.4 is 5.73 Å². The van der Waals surface area contributed by atoms with Crippen LogP contribution in [0.15, 0.2) is 0 Å². The van der Waals surface area contributed by atoms with E-state index < -0.39 is 0 Å². The standard InChI is InChI=1S/C12H27N3O/c1-12(2,10-13)11-15-5-3-4-14(6-7-15)8-9-16/h16H,3-11,13H2,1-2H3. The summed E-state index contributed by atoms with van der Waals surface area (Å²) in [5.74, 6) is 0. The highest BCUT2D eigenvalue weighted by Crippen LogP contribution is 2.16. The number of nitrogens with zero attached hydrogens (tertiary/aromatic N) is 2. The van der Waals surface area contributed by atoms with Crippen LogP contribution >= 0.6 is 0 Å². The van der Waals surface area contributed by atoms with Gasteiger partial charge in [-0.2, -0.15) is 0 Å². The van der Waals surface area contributed by atoms with Gasteiger partial charge in [0.15, 0.2) is 0 Å². The highest BCUT2D eigenvalue weighted by molar-refractivity contribution is 4.77. The molecule has 0 bridgehead atoms. The van der Waals surface area contributed by atoms with Crippen LogP contribution in [-0.2, 0) is 0 Å². The lowest BCUT2D eigenvalue weighted by Gasteiger charge is -2.30. The third kappa shape index (κ3) is 4.78. The van der Waals surface area contributed by atoms with E-state index in [0.717, 1.165) is 45.8 Å². The molecular formula is C12H27N3O. The molecule has 1 aliphatic heterocycles. The van der Waals surface area contributed by atoms with Crippen LogP contribution in [0.3, 0.4) is 0 Å². The predicted octanol–water partition coefficient (Wildman–Crippen LogP) is -0.0287. The van der Waals surface area contributed by atoms with Gasteiger partial charge in [-0.05, 0) is 31.5 Å². The SMILES string of the molecule is CC(C)(CN)CN1CCCN(CCO)CC1. The zero-order chi connectivity index (χ0) is 12.0. The van der Waals surface area contributed by atoms with E-state index in [2.05, 4.69) is 23.6 Å². The normalized spacial score (nSPS) is 21.0. The number of aliphatic hydroxyl groups is 1. The first kappa shape index (κ1) is 13.9. The average molecular weight is 229 g/mol. The van der Waals surface area contributed by atoms with E-state index in [0.29, 0.717) is 0 Å². The average Bonchev–Trinajstić information content (AvgIpc) is 2.44. The number of aliphatic hydroxyl groups excluding tert-OH is 1. The maximum Gasteiger partial charge on any atom is 0.0558 e. The van der Waals surface area contributed by atoms with Crippen LogP contribution in [0.2, 0.25) is 0 Å². The smallest absolute Gasteiger partial charge is 0.0558 e. The van der Waals surface area contributed by atoms with Crippen molar-refractivity contribution in [3.8, 4) is 0 Å². The summed E-state index contributed by atoms with van der Waals surface area (Å²) in [5.41, 5.74) is 5.98. The Balaban J connectivity index is 2.35. The van der Waals surface area contributed by atoms with Crippen molar-refractivity contribution in [3.63, 3.8) is 0 Å². The summed E-state index contributed by atoms with van der Waals surface area (Å²) < 4.78 is 0. The van der Waals surface area contributed by atoms with Gasteiger partial charge in [-0.25, -0.2) is 0 Å². The fourth-order valence-corrected chi connectivity index (χ4v) is 2.22. The monoisotopic (exact) mass is 229 g/mol. The minimum atomic E-state index is 0.214. The van der Waals surface area contributed by atoms with E-state index in [1.165, 1.54) is 6.42 Å². The molecule has 0 amide bonds. The molecule has 1 heterocycles. The molecule has 0 unspecified atom stereocenters. The van der Waals surface area contributed by atoms with Crippen LogP contribution in [0.5, 0.6) is 0 Å². The molecule has 0 aliphatic carbocycles. The van der Waals surface area contributed by atoms with Gasteiger partial charge < -0.3 is 15.7 Å². The van der Waals surface area contributed by atoms with Gasteiger partial charge in [-0.3, -0.25) is 4.90 Å². The molecule has 3 N–H and O–H groups in total. The molecule has 1 fully saturated rings. The van der Waals surface area contributed by atoms with Gasteiger partial charge >= 0.3 is 0 Å². The number of nitrogens with two attached hydrogens (primary N) is 1. The molecule has 16 heavy (non-hydrogen) atoms. The topological polar surface area (TPSA) is 52.7 Å². The lowest BCUT2D eigenvalue weighted by molar-refractivity contribution is 0.174. The lowest BCUT2D eigenvalue weighted by Crippen LogP contribution is -2.40. The number of hydrogen-bond acceptors (Lipinski definition) is 4. The van der Waals surface area contributed by atoms with Crippen molar-refractivity contribution in [3.05, 3.63) is 0 Å². The largest absolute Gasteiger partial charge is 0.395 e. The lowest BCUT2D eigenvalue weighted by atomic mass is 9.93. The Morgan fingerprint density at radius 1 is 1.12 bits per heavy atom. The van der Waals surface area contributed by atoms with E-state index in [1.807, 2.05) is 0 Å². The van der Waals surface area contributed by atoms with Crippen molar-refractivity contribution >= 4 is 0 Å². The summed E-state index contributed by atoms with van der Waals surface area (Å²) >= 11 is 0. The molecular weight excluding hydrogens is 202 g/mol. The summed E-state index contributed by atoms with van der Waals surface area (Å²) in [6.45, 7) is 11.8. The van der Waals surface area contributed by atoms with Crippen molar-refractivity contribution in [1.82, 2.24) is 9.80 Å². The Morgan fingerprint density at radius 2 is 1.75 bits per heavy atom. The van der Waals surface area contributed by atoms with Gasteiger partial charge in [0.2, 0.25) is 0 Å². The van der Waals surface area contributed by atoms with E-state index >= 15 is 0 Å². The maximum absolute atomic E-state index is 8.93. The van der Waals surface area contributed by atoms with Gasteiger partial charge in [0, 0.05) is 26.2 Å². The van der Waals surface area contributed by atoms with Gasteiger partial charge in [0.05, 0.1) is 6.61 Å². The van der Waals surface area contributed by atoms with E-state index in [4.69, 9.17) is 10.8 Å². The third-order valence-electron chi connectivity index (χ3n) is 3.30. The van der Waals surface area contributed by atoms with Crippen LogP contribution in [0.4, 0.5) is 0 Å². The van der Waals surface area contributed by atoms with Crippen LogP contribution in [0.25, 0.3) is 0 Å². The van der Waals surface area contributed by atoms with Crippen LogP contribution in [0, 0.1) is 5.41 Å². The molecule has 0 radical (unpaired) electrons.